The van der Waals surface area contributed by atoms with E-state index < -0.39 is 0 Å². The first-order valence-electron chi connectivity index (χ1n) is 9.69. The van der Waals surface area contributed by atoms with Crippen molar-refractivity contribution in [3.63, 3.8) is 0 Å². The second kappa shape index (κ2) is 6.93. The van der Waals surface area contributed by atoms with E-state index in [1.165, 1.54) is 4.57 Å². The molecular weight excluding hydrogens is 368 g/mol. The summed E-state index contributed by atoms with van der Waals surface area (Å²) in [5.74, 6) is 0.864. The van der Waals surface area contributed by atoms with Gasteiger partial charge in [-0.25, -0.2) is 4.98 Å². The number of nitrogens with zero attached hydrogens (tertiary/aromatic N) is 8. The fourth-order valence-electron chi connectivity index (χ4n) is 3.78. The van der Waals surface area contributed by atoms with Crippen LogP contribution in [0.2, 0.25) is 0 Å². The molecule has 0 amide bonds. The third kappa shape index (κ3) is 3.23. The Kier molecular flexibility index (Phi) is 4.24. The molecule has 1 aliphatic heterocycles. The van der Waals surface area contributed by atoms with E-state index in [0.29, 0.717) is 5.39 Å². The van der Waals surface area contributed by atoms with Gasteiger partial charge >= 0.3 is 0 Å². The Morgan fingerprint density at radius 1 is 1.03 bits per heavy atom. The van der Waals surface area contributed by atoms with Crippen LogP contribution in [0, 0.1) is 6.92 Å². The summed E-state index contributed by atoms with van der Waals surface area (Å²) in [6.07, 6.45) is 1.57. The van der Waals surface area contributed by atoms with Crippen molar-refractivity contribution in [1.82, 2.24) is 34.3 Å². The van der Waals surface area contributed by atoms with Gasteiger partial charge in [-0.2, -0.15) is 9.61 Å². The Balaban J connectivity index is 1.30. The lowest BCUT2D eigenvalue weighted by atomic mass is 10.2. The van der Waals surface area contributed by atoms with E-state index in [-0.39, 0.29) is 5.56 Å². The van der Waals surface area contributed by atoms with Crippen LogP contribution in [0.3, 0.4) is 0 Å². The van der Waals surface area contributed by atoms with E-state index in [0.717, 1.165) is 61.1 Å². The van der Waals surface area contributed by atoms with Crippen LogP contribution < -0.4 is 10.5 Å². The number of rotatable bonds is 3. The zero-order chi connectivity index (χ0) is 20.0. The predicted octanol–water partition coefficient (Wildman–Crippen LogP) is 1.00. The van der Waals surface area contributed by atoms with Crippen molar-refractivity contribution in [2.24, 2.45) is 7.05 Å². The summed E-state index contributed by atoms with van der Waals surface area (Å²) in [7, 11) is 1.72. The smallest absolute Gasteiger partial charge is 0.260 e. The lowest BCUT2D eigenvalue weighted by Gasteiger charge is -2.35. The van der Waals surface area contributed by atoms with Crippen molar-refractivity contribution in [2.75, 3.05) is 31.1 Å². The van der Waals surface area contributed by atoms with Gasteiger partial charge in [0.05, 0.1) is 29.5 Å². The van der Waals surface area contributed by atoms with Crippen LogP contribution in [0.1, 0.15) is 11.5 Å². The second-order valence-electron chi connectivity index (χ2n) is 7.49. The first-order valence-corrected chi connectivity index (χ1v) is 9.69. The molecule has 29 heavy (non-hydrogen) atoms. The van der Waals surface area contributed by atoms with Crippen molar-refractivity contribution < 1.29 is 0 Å². The molecule has 1 aromatic carbocycles. The average Bonchev–Trinajstić information content (AvgIpc) is 3.13. The molecule has 0 atom stereocenters. The number of piperazine rings is 1. The second-order valence-corrected chi connectivity index (χ2v) is 7.49. The fraction of sp³-hybridized carbons (Fsp3) is 0.350. The molecule has 0 bridgehead atoms. The molecule has 5 rings (SSSR count). The minimum atomic E-state index is -0.0178. The van der Waals surface area contributed by atoms with Gasteiger partial charge < -0.3 is 9.47 Å². The predicted molar refractivity (Wildman–Crippen MR) is 110 cm³/mol. The maximum absolute atomic E-state index is 12.2. The van der Waals surface area contributed by atoms with Crippen LogP contribution >= 0.6 is 0 Å². The summed E-state index contributed by atoms with van der Waals surface area (Å²) in [4.78, 5) is 21.3. The first-order chi connectivity index (χ1) is 14.1. The van der Waals surface area contributed by atoms with Gasteiger partial charge in [-0.3, -0.25) is 9.69 Å². The van der Waals surface area contributed by atoms with Crippen LogP contribution in [0.4, 0.5) is 5.69 Å². The van der Waals surface area contributed by atoms with Crippen LogP contribution in [-0.4, -0.2) is 60.4 Å². The number of hydrogen-bond acceptors (Lipinski definition) is 7. The van der Waals surface area contributed by atoms with Gasteiger partial charge in [-0.1, -0.05) is 0 Å². The number of aryl methyl sites for hydroxylation is 2. The molecule has 0 N–H and O–H groups in total. The standard InChI is InChI=1S/C20H22N8O/c1-14-3-6-18-22-23-19(28(18)24-14)12-26-7-9-27(10-8-26)15-4-5-16-17(11-15)21-13-25(2)20(16)29/h3-6,11,13H,7-10,12H2,1-2H3. The highest BCUT2D eigenvalue weighted by Gasteiger charge is 2.20. The SMILES string of the molecule is Cc1ccc2nnc(CN3CCN(c4ccc5c(=O)n(C)cnc5c4)CC3)n2n1. The van der Waals surface area contributed by atoms with Crippen LogP contribution in [0.5, 0.6) is 0 Å². The van der Waals surface area contributed by atoms with E-state index >= 15 is 0 Å². The Morgan fingerprint density at radius 2 is 1.86 bits per heavy atom. The number of benzene rings is 1. The molecule has 9 nitrogen and oxygen atoms in total. The molecule has 3 aromatic heterocycles. The van der Waals surface area contributed by atoms with E-state index in [1.807, 2.05) is 41.8 Å². The maximum Gasteiger partial charge on any atom is 0.260 e. The van der Waals surface area contributed by atoms with Crippen LogP contribution in [0.25, 0.3) is 16.6 Å². The number of hydrogen-bond donors (Lipinski definition) is 0. The van der Waals surface area contributed by atoms with E-state index in [9.17, 15) is 4.79 Å². The Labute approximate surface area is 167 Å². The zero-order valence-electron chi connectivity index (χ0n) is 16.5. The summed E-state index contributed by atoms with van der Waals surface area (Å²) in [6.45, 7) is 6.33. The third-order valence-corrected chi connectivity index (χ3v) is 5.47. The van der Waals surface area contributed by atoms with Crippen molar-refractivity contribution >= 4 is 22.2 Å². The van der Waals surface area contributed by atoms with Gasteiger partial charge in [-0.05, 0) is 37.3 Å². The van der Waals surface area contributed by atoms with Crippen molar-refractivity contribution in [2.45, 2.75) is 13.5 Å². The molecule has 4 heterocycles. The molecule has 0 unspecified atom stereocenters. The van der Waals surface area contributed by atoms with Gasteiger partial charge in [0.1, 0.15) is 0 Å². The fourth-order valence-corrected chi connectivity index (χ4v) is 3.78. The summed E-state index contributed by atoms with van der Waals surface area (Å²) in [5.41, 5.74) is 3.55. The van der Waals surface area contributed by atoms with Gasteiger partial charge in [0.15, 0.2) is 11.5 Å². The number of fused-ring (bicyclic) bond motifs is 2. The highest BCUT2D eigenvalue weighted by atomic mass is 16.1. The quantitative estimate of drug-likeness (QED) is 0.516. The Hall–Kier alpha value is -3.33. The molecule has 9 heteroatoms. The highest BCUT2D eigenvalue weighted by molar-refractivity contribution is 5.81. The van der Waals surface area contributed by atoms with E-state index in [1.54, 1.807) is 13.4 Å². The topological polar surface area (TPSA) is 84.5 Å². The van der Waals surface area contributed by atoms with Crippen molar-refractivity contribution in [1.29, 1.82) is 0 Å². The molecule has 0 aliphatic carbocycles. The lowest BCUT2D eigenvalue weighted by molar-refractivity contribution is 0.242. The molecular formula is C20H22N8O. The Bertz CT molecular complexity index is 1250. The molecule has 148 valence electrons. The molecule has 1 saturated heterocycles. The molecule has 0 saturated carbocycles. The molecule has 0 spiro atoms. The van der Waals surface area contributed by atoms with Gasteiger partial charge in [-0.15, -0.1) is 10.2 Å². The number of aromatic nitrogens is 6. The van der Waals surface area contributed by atoms with Crippen LogP contribution in [0.15, 0.2) is 41.5 Å². The van der Waals surface area contributed by atoms with Crippen molar-refractivity contribution in [3.05, 3.63) is 58.5 Å². The average molecular weight is 390 g/mol. The minimum absolute atomic E-state index is 0.0178. The maximum atomic E-state index is 12.2. The monoisotopic (exact) mass is 390 g/mol. The minimum Gasteiger partial charge on any atom is -0.369 e. The zero-order valence-corrected chi connectivity index (χ0v) is 16.5. The van der Waals surface area contributed by atoms with E-state index in [2.05, 4.69) is 30.1 Å². The van der Waals surface area contributed by atoms with Gasteiger partial charge in [0.2, 0.25) is 0 Å². The highest BCUT2D eigenvalue weighted by Crippen LogP contribution is 2.21. The number of anilines is 1. The largest absolute Gasteiger partial charge is 0.369 e. The van der Waals surface area contributed by atoms with Crippen LogP contribution in [-0.2, 0) is 13.6 Å². The third-order valence-electron chi connectivity index (χ3n) is 5.47. The Morgan fingerprint density at radius 3 is 2.69 bits per heavy atom. The summed E-state index contributed by atoms with van der Waals surface area (Å²) >= 11 is 0. The van der Waals surface area contributed by atoms with Crippen molar-refractivity contribution in [3.8, 4) is 0 Å². The van der Waals surface area contributed by atoms with E-state index in [4.69, 9.17) is 0 Å². The summed E-state index contributed by atoms with van der Waals surface area (Å²) in [5, 5.41) is 13.7. The van der Waals surface area contributed by atoms with Gasteiger partial charge in [0.25, 0.3) is 5.56 Å². The summed E-state index contributed by atoms with van der Waals surface area (Å²) in [6, 6.07) is 9.78. The summed E-state index contributed by atoms with van der Waals surface area (Å²) < 4.78 is 3.34. The first kappa shape index (κ1) is 17.7. The molecule has 0 radical (unpaired) electrons. The van der Waals surface area contributed by atoms with Gasteiger partial charge in [0, 0.05) is 38.9 Å². The molecule has 1 fully saturated rings. The lowest BCUT2D eigenvalue weighted by Crippen LogP contribution is -2.46. The molecule has 4 aromatic rings. The normalized spacial score (nSPS) is 15.4. The molecule has 1 aliphatic rings.